The second-order valence-electron chi connectivity index (χ2n) is 4.74. The van der Waals surface area contributed by atoms with Gasteiger partial charge in [0.25, 0.3) is 0 Å². The molecule has 1 aromatic carbocycles. The van der Waals surface area contributed by atoms with Gasteiger partial charge in [-0.1, -0.05) is 55.4 Å². The summed E-state index contributed by atoms with van der Waals surface area (Å²) in [6.07, 6.45) is 11.3. The first-order valence-corrected chi connectivity index (χ1v) is 6.61. The van der Waals surface area contributed by atoms with Crippen LogP contribution in [0.4, 0.5) is 0 Å². The quantitative estimate of drug-likeness (QED) is 0.560. The van der Waals surface area contributed by atoms with Crippen LogP contribution in [0.15, 0.2) is 30.3 Å². The van der Waals surface area contributed by atoms with Gasteiger partial charge in [0, 0.05) is 11.5 Å². The van der Waals surface area contributed by atoms with E-state index in [2.05, 4.69) is 11.8 Å². The minimum atomic E-state index is 0.598. The molecule has 2 rings (SSSR count). The molecular weight excluding hydrogens is 220 g/mol. The molecule has 1 nitrogen and oxygen atoms in total. The zero-order valence-electron chi connectivity index (χ0n) is 10.6. The van der Waals surface area contributed by atoms with Gasteiger partial charge < -0.3 is 0 Å². The number of carbonyl (C=O) groups excluding carboxylic acids is 1. The molecule has 1 fully saturated rings. The van der Waals surface area contributed by atoms with Crippen molar-refractivity contribution in [2.45, 2.75) is 32.1 Å². The Morgan fingerprint density at radius 2 is 1.67 bits per heavy atom. The van der Waals surface area contributed by atoms with Crippen molar-refractivity contribution in [1.82, 2.24) is 0 Å². The number of hydrogen-bond acceptors (Lipinski definition) is 1. The maximum Gasteiger partial charge on any atom is 0.150 e. The van der Waals surface area contributed by atoms with Crippen LogP contribution in [0.2, 0.25) is 0 Å². The molecule has 18 heavy (non-hydrogen) atoms. The first-order valence-electron chi connectivity index (χ1n) is 6.61. The van der Waals surface area contributed by atoms with E-state index in [1.807, 2.05) is 36.4 Å². The van der Waals surface area contributed by atoms with E-state index in [9.17, 15) is 4.79 Å². The van der Waals surface area contributed by atoms with E-state index in [1.54, 1.807) is 0 Å². The Kier molecular flexibility index (Phi) is 4.78. The van der Waals surface area contributed by atoms with Crippen LogP contribution < -0.4 is 0 Å². The molecule has 1 aromatic rings. The van der Waals surface area contributed by atoms with Gasteiger partial charge in [0.1, 0.15) is 6.29 Å². The average Bonchev–Trinajstić information content (AvgIpc) is 2.45. The number of hydrogen-bond donors (Lipinski definition) is 0. The minimum Gasteiger partial charge on any atom is -0.298 e. The largest absolute Gasteiger partial charge is 0.298 e. The van der Waals surface area contributed by atoms with Gasteiger partial charge in [0.15, 0.2) is 0 Å². The Balaban J connectivity index is 1.89. The molecule has 1 aliphatic carbocycles. The van der Waals surface area contributed by atoms with Gasteiger partial charge in [-0.2, -0.15) is 0 Å². The van der Waals surface area contributed by atoms with Crippen molar-refractivity contribution in [1.29, 1.82) is 0 Å². The summed E-state index contributed by atoms with van der Waals surface area (Å²) in [5.41, 5.74) is 1.79. The van der Waals surface area contributed by atoms with Crippen molar-refractivity contribution < 1.29 is 4.79 Å². The summed E-state index contributed by atoms with van der Waals surface area (Å²) >= 11 is 0. The molecule has 0 heterocycles. The predicted octanol–water partition coefficient (Wildman–Crippen LogP) is 4.10. The van der Waals surface area contributed by atoms with E-state index in [4.69, 9.17) is 0 Å². The van der Waals surface area contributed by atoms with Crippen LogP contribution in [0.1, 0.15) is 48.0 Å². The van der Waals surface area contributed by atoms with Crippen molar-refractivity contribution in [3.05, 3.63) is 41.5 Å². The first-order chi connectivity index (χ1) is 8.88. The van der Waals surface area contributed by atoms with E-state index in [1.165, 1.54) is 32.1 Å². The predicted molar refractivity (Wildman–Crippen MR) is 75.2 cm³/mol. The molecule has 92 valence electrons. The van der Waals surface area contributed by atoms with Crippen LogP contribution in [0.25, 0.3) is 6.08 Å². The summed E-state index contributed by atoms with van der Waals surface area (Å²) in [5.74, 6) is 7.05. The maximum atomic E-state index is 10.5. The lowest BCUT2D eigenvalue weighted by atomic mass is 9.90. The fraction of sp³-hybridized carbons (Fsp3) is 0.353. The molecule has 0 aliphatic heterocycles. The average molecular weight is 238 g/mol. The fourth-order valence-corrected chi connectivity index (χ4v) is 2.24. The highest BCUT2D eigenvalue weighted by Crippen LogP contribution is 2.22. The Hall–Kier alpha value is -1.81. The summed E-state index contributed by atoms with van der Waals surface area (Å²) in [4.78, 5) is 10.5. The van der Waals surface area contributed by atoms with Crippen LogP contribution in [0.5, 0.6) is 0 Å². The molecule has 0 bridgehead atoms. The van der Waals surface area contributed by atoms with E-state index < -0.39 is 0 Å². The number of aldehydes is 1. The summed E-state index contributed by atoms with van der Waals surface area (Å²) < 4.78 is 0. The van der Waals surface area contributed by atoms with Crippen LogP contribution in [0.3, 0.4) is 0 Å². The second kappa shape index (κ2) is 6.81. The van der Waals surface area contributed by atoms with Crippen molar-refractivity contribution in [2.75, 3.05) is 0 Å². The van der Waals surface area contributed by atoms with Crippen LogP contribution in [-0.2, 0) is 0 Å². The highest BCUT2D eigenvalue weighted by Gasteiger charge is 2.09. The van der Waals surface area contributed by atoms with Gasteiger partial charge >= 0.3 is 0 Å². The fourth-order valence-electron chi connectivity index (χ4n) is 2.24. The molecule has 0 spiro atoms. The van der Waals surface area contributed by atoms with Crippen molar-refractivity contribution >= 4 is 12.4 Å². The minimum absolute atomic E-state index is 0.598. The molecule has 1 saturated carbocycles. The molecule has 1 aliphatic rings. The zero-order chi connectivity index (χ0) is 12.6. The molecule has 0 atom stereocenters. The molecule has 1 heteroatoms. The Labute approximate surface area is 109 Å². The summed E-state index contributed by atoms with van der Waals surface area (Å²) in [7, 11) is 0. The summed E-state index contributed by atoms with van der Waals surface area (Å²) in [6.45, 7) is 0. The summed E-state index contributed by atoms with van der Waals surface area (Å²) in [6, 6.07) is 7.51. The topological polar surface area (TPSA) is 17.1 Å². The molecule has 0 amide bonds. The number of rotatable bonds is 2. The van der Waals surface area contributed by atoms with Crippen molar-refractivity contribution in [3.8, 4) is 11.8 Å². The maximum absolute atomic E-state index is 10.5. The third-order valence-electron chi connectivity index (χ3n) is 3.32. The monoisotopic (exact) mass is 238 g/mol. The summed E-state index contributed by atoms with van der Waals surface area (Å²) in [5, 5.41) is 0. The molecule has 0 aromatic heterocycles. The van der Waals surface area contributed by atoms with E-state index in [0.717, 1.165) is 11.8 Å². The van der Waals surface area contributed by atoms with Crippen LogP contribution in [-0.4, -0.2) is 6.29 Å². The Morgan fingerprint density at radius 1 is 1.00 bits per heavy atom. The Morgan fingerprint density at radius 3 is 2.33 bits per heavy atom. The second-order valence-corrected chi connectivity index (χ2v) is 4.74. The highest BCUT2D eigenvalue weighted by molar-refractivity contribution is 5.75. The van der Waals surface area contributed by atoms with Gasteiger partial charge in [-0.15, -0.1) is 0 Å². The third kappa shape index (κ3) is 3.89. The first kappa shape index (κ1) is 12.6. The molecular formula is C17H18O. The zero-order valence-corrected chi connectivity index (χ0v) is 10.6. The molecule has 0 unspecified atom stereocenters. The lowest BCUT2D eigenvalue weighted by Gasteiger charge is -2.15. The van der Waals surface area contributed by atoms with E-state index in [0.29, 0.717) is 11.5 Å². The molecule has 0 N–H and O–H groups in total. The van der Waals surface area contributed by atoms with Gasteiger partial charge in [-0.05, 0) is 30.6 Å². The normalized spacial score (nSPS) is 16.2. The van der Waals surface area contributed by atoms with Crippen LogP contribution in [0, 0.1) is 17.8 Å². The van der Waals surface area contributed by atoms with Crippen LogP contribution >= 0.6 is 0 Å². The molecule has 0 saturated heterocycles. The van der Waals surface area contributed by atoms with Gasteiger partial charge in [-0.3, -0.25) is 4.79 Å². The standard InChI is InChI=1S/C17H18O/c18-14-17-12-10-16(11-13-17)9-5-4-8-15-6-2-1-3-7-15/h5,9-15H,1-3,6-7H2/b9-5+. The van der Waals surface area contributed by atoms with E-state index >= 15 is 0 Å². The van der Waals surface area contributed by atoms with E-state index in [-0.39, 0.29) is 0 Å². The highest BCUT2D eigenvalue weighted by atomic mass is 16.1. The number of benzene rings is 1. The third-order valence-corrected chi connectivity index (χ3v) is 3.32. The van der Waals surface area contributed by atoms with Gasteiger partial charge in [-0.25, -0.2) is 0 Å². The lowest BCUT2D eigenvalue weighted by Crippen LogP contribution is -2.02. The Bertz CT molecular complexity index is 465. The van der Waals surface area contributed by atoms with Crippen molar-refractivity contribution in [3.63, 3.8) is 0 Å². The van der Waals surface area contributed by atoms with Gasteiger partial charge in [0.05, 0.1) is 0 Å². The SMILES string of the molecule is O=Cc1ccc(/C=C/C#CC2CCCCC2)cc1. The molecule has 0 radical (unpaired) electrons. The lowest BCUT2D eigenvalue weighted by molar-refractivity contribution is 0.112. The smallest absolute Gasteiger partial charge is 0.150 e. The number of carbonyl (C=O) groups is 1. The van der Waals surface area contributed by atoms with Crippen molar-refractivity contribution in [2.24, 2.45) is 5.92 Å². The van der Waals surface area contributed by atoms with Gasteiger partial charge in [0.2, 0.25) is 0 Å². The number of allylic oxidation sites excluding steroid dienone is 1.